The van der Waals surface area contributed by atoms with Gasteiger partial charge in [0.25, 0.3) is 0 Å². The molecule has 2 aromatic rings. The maximum Gasteiger partial charge on any atom is 0.180 e. The van der Waals surface area contributed by atoms with Gasteiger partial charge in [-0.2, -0.15) is 0 Å². The Balaban J connectivity index is 0.000000686. The van der Waals surface area contributed by atoms with Gasteiger partial charge in [0.1, 0.15) is 0 Å². The average Bonchev–Trinajstić information content (AvgIpc) is 2.78. The van der Waals surface area contributed by atoms with E-state index >= 15 is 0 Å². The Hall–Kier alpha value is -1.39. The van der Waals surface area contributed by atoms with Crippen molar-refractivity contribution in [1.29, 1.82) is 0 Å². The summed E-state index contributed by atoms with van der Waals surface area (Å²) in [6, 6.07) is 6.17. The van der Waals surface area contributed by atoms with Crippen LogP contribution in [0.1, 0.15) is 25.0 Å². The van der Waals surface area contributed by atoms with E-state index in [1.54, 1.807) is 0 Å². The van der Waals surface area contributed by atoms with Crippen LogP contribution in [0.2, 0.25) is 0 Å². The summed E-state index contributed by atoms with van der Waals surface area (Å²) in [6.45, 7) is 6.63. The molecule has 3 nitrogen and oxygen atoms in total. The highest BCUT2D eigenvalue weighted by molar-refractivity contribution is 7.13. The molecule has 17 heavy (non-hydrogen) atoms. The third kappa shape index (κ3) is 3.28. The Kier molecular flexibility index (Phi) is 5.12. The number of anilines is 1. The van der Waals surface area contributed by atoms with E-state index in [1.165, 1.54) is 22.5 Å². The molecule has 1 aromatic carbocycles. The molecule has 0 radical (unpaired) electrons. The first kappa shape index (κ1) is 13.7. The van der Waals surface area contributed by atoms with E-state index in [1.807, 2.05) is 31.4 Å². The summed E-state index contributed by atoms with van der Waals surface area (Å²) in [6.07, 6.45) is 0. The number of thiazole rings is 1. The zero-order chi connectivity index (χ0) is 12.8. The van der Waals surface area contributed by atoms with Gasteiger partial charge in [0, 0.05) is 17.5 Å². The third-order valence-corrected chi connectivity index (χ3v) is 3.05. The van der Waals surface area contributed by atoms with E-state index in [4.69, 9.17) is 11.5 Å². The molecule has 0 fully saturated rings. The van der Waals surface area contributed by atoms with Gasteiger partial charge in [-0.3, -0.25) is 0 Å². The SMILES string of the molecule is CC.Cc1cc(-c2csc(N)n2)ccc1CN. The Morgan fingerprint density at radius 1 is 1.29 bits per heavy atom. The monoisotopic (exact) mass is 249 g/mol. The molecule has 0 bridgehead atoms. The molecule has 0 aliphatic carbocycles. The third-order valence-electron chi connectivity index (χ3n) is 2.38. The first-order chi connectivity index (χ1) is 8.20. The van der Waals surface area contributed by atoms with Crippen molar-refractivity contribution >= 4 is 16.5 Å². The van der Waals surface area contributed by atoms with Crippen molar-refractivity contribution in [1.82, 2.24) is 4.98 Å². The number of aryl methyl sites for hydroxylation is 1. The Morgan fingerprint density at radius 2 is 2.00 bits per heavy atom. The smallest absolute Gasteiger partial charge is 0.180 e. The van der Waals surface area contributed by atoms with Crippen molar-refractivity contribution in [3.05, 3.63) is 34.7 Å². The predicted molar refractivity (Wildman–Crippen MR) is 75.9 cm³/mol. The largest absolute Gasteiger partial charge is 0.375 e. The normalized spacial score (nSPS) is 9.65. The molecule has 0 saturated carbocycles. The first-order valence-electron chi connectivity index (χ1n) is 5.71. The second-order valence-electron chi connectivity index (χ2n) is 3.42. The molecule has 0 atom stereocenters. The van der Waals surface area contributed by atoms with Crippen molar-refractivity contribution < 1.29 is 0 Å². The predicted octanol–water partition coefficient (Wildman–Crippen LogP) is 3.19. The number of hydrogen-bond acceptors (Lipinski definition) is 4. The molecule has 92 valence electrons. The number of nitrogen functional groups attached to an aromatic ring is 1. The van der Waals surface area contributed by atoms with E-state index in [0.29, 0.717) is 11.7 Å². The lowest BCUT2D eigenvalue weighted by molar-refractivity contribution is 1.05. The van der Waals surface area contributed by atoms with Gasteiger partial charge in [-0.05, 0) is 24.1 Å². The standard InChI is InChI=1S/C11H13N3S.C2H6/c1-7-4-8(2-3-9(7)5-12)10-6-15-11(13)14-10;1-2/h2-4,6H,5,12H2,1H3,(H2,13,14);1-2H3. The van der Waals surface area contributed by atoms with Gasteiger partial charge in [-0.25, -0.2) is 4.98 Å². The molecule has 0 spiro atoms. The maximum atomic E-state index is 5.61. The van der Waals surface area contributed by atoms with E-state index < -0.39 is 0 Å². The van der Waals surface area contributed by atoms with Crippen molar-refractivity contribution in [2.45, 2.75) is 27.3 Å². The van der Waals surface area contributed by atoms with Crippen LogP contribution >= 0.6 is 11.3 Å². The van der Waals surface area contributed by atoms with Crippen LogP contribution in [-0.2, 0) is 6.54 Å². The Bertz CT molecular complexity index is 477. The summed E-state index contributed by atoms with van der Waals surface area (Å²) < 4.78 is 0. The number of aromatic nitrogens is 1. The lowest BCUT2D eigenvalue weighted by atomic mass is 10.0. The molecule has 0 unspecified atom stereocenters. The summed E-state index contributed by atoms with van der Waals surface area (Å²) in [5.41, 5.74) is 15.6. The van der Waals surface area contributed by atoms with Crippen LogP contribution in [0.15, 0.2) is 23.6 Å². The minimum Gasteiger partial charge on any atom is -0.375 e. The second kappa shape index (κ2) is 6.37. The van der Waals surface area contributed by atoms with E-state index in [9.17, 15) is 0 Å². The topological polar surface area (TPSA) is 64.9 Å². The number of nitrogens with zero attached hydrogens (tertiary/aromatic N) is 1. The van der Waals surface area contributed by atoms with Gasteiger partial charge >= 0.3 is 0 Å². The summed E-state index contributed by atoms with van der Waals surface area (Å²) >= 11 is 1.46. The Morgan fingerprint density at radius 3 is 2.47 bits per heavy atom. The van der Waals surface area contributed by atoms with Crippen LogP contribution in [0.3, 0.4) is 0 Å². The fraction of sp³-hybridized carbons (Fsp3) is 0.308. The average molecular weight is 249 g/mol. The lowest BCUT2D eigenvalue weighted by Crippen LogP contribution is -1.98. The second-order valence-corrected chi connectivity index (χ2v) is 4.31. The fourth-order valence-corrected chi connectivity index (χ4v) is 2.08. The van der Waals surface area contributed by atoms with E-state index in [-0.39, 0.29) is 0 Å². The van der Waals surface area contributed by atoms with Crippen molar-refractivity contribution in [2.24, 2.45) is 5.73 Å². The number of nitrogens with two attached hydrogens (primary N) is 2. The Labute approximate surface area is 106 Å². The van der Waals surface area contributed by atoms with Crippen LogP contribution in [0.4, 0.5) is 5.13 Å². The molecule has 0 aliphatic heterocycles. The summed E-state index contributed by atoms with van der Waals surface area (Å²) in [5, 5.41) is 2.57. The van der Waals surface area contributed by atoms with Gasteiger partial charge in [0.05, 0.1) is 5.69 Å². The highest BCUT2D eigenvalue weighted by Crippen LogP contribution is 2.24. The first-order valence-corrected chi connectivity index (χ1v) is 6.59. The molecule has 4 heteroatoms. The molecule has 0 amide bonds. The quantitative estimate of drug-likeness (QED) is 0.859. The summed E-state index contributed by atoms with van der Waals surface area (Å²) in [4.78, 5) is 4.24. The minimum atomic E-state index is 0.575. The van der Waals surface area contributed by atoms with Gasteiger partial charge in [-0.1, -0.05) is 26.0 Å². The highest BCUT2D eigenvalue weighted by atomic mass is 32.1. The lowest BCUT2D eigenvalue weighted by Gasteiger charge is -2.04. The van der Waals surface area contributed by atoms with Gasteiger partial charge in [-0.15, -0.1) is 11.3 Å². The number of hydrogen-bond donors (Lipinski definition) is 2. The summed E-state index contributed by atoms with van der Waals surface area (Å²) in [5.74, 6) is 0. The van der Waals surface area contributed by atoms with Crippen LogP contribution < -0.4 is 11.5 Å². The van der Waals surface area contributed by atoms with Crippen LogP contribution in [0, 0.1) is 6.92 Å². The van der Waals surface area contributed by atoms with Crippen molar-refractivity contribution in [3.8, 4) is 11.3 Å². The molecular formula is C13H19N3S. The molecule has 1 heterocycles. The number of benzene rings is 1. The van der Waals surface area contributed by atoms with E-state index in [2.05, 4.69) is 18.0 Å². The molecular weight excluding hydrogens is 230 g/mol. The van der Waals surface area contributed by atoms with Gasteiger partial charge < -0.3 is 11.5 Å². The molecule has 0 saturated heterocycles. The van der Waals surface area contributed by atoms with Gasteiger partial charge in [0.15, 0.2) is 5.13 Å². The molecule has 2 rings (SSSR count). The fourth-order valence-electron chi connectivity index (χ4n) is 1.50. The van der Waals surface area contributed by atoms with Crippen LogP contribution in [0.5, 0.6) is 0 Å². The van der Waals surface area contributed by atoms with Crippen LogP contribution in [-0.4, -0.2) is 4.98 Å². The molecule has 1 aromatic heterocycles. The van der Waals surface area contributed by atoms with Crippen molar-refractivity contribution in [3.63, 3.8) is 0 Å². The minimum absolute atomic E-state index is 0.575. The van der Waals surface area contributed by atoms with Gasteiger partial charge in [0.2, 0.25) is 0 Å². The number of rotatable bonds is 2. The summed E-state index contributed by atoms with van der Waals surface area (Å²) in [7, 11) is 0. The zero-order valence-electron chi connectivity index (χ0n) is 10.5. The maximum absolute atomic E-state index is 5.61. The van der Waals surface area contributed by atoms with Crippen LogP contribution in [0.25, 0.3) is 11.3 Å². The molecule has 4 N–H and O–H groups in total. The van der Waals surface area contributed by atoms with E-state index in [0.717, 1.165) is 11.3 Å². The zero-order valence-corrected chi connectivity index (χ0v) is 11.3. The molecule has 0 aliphatic rings. The highest BCUT2D eigenvalue weighted by Gasteiger charge is 2.04. The van der Waals surface area contributed by atoms with Crippen molar-refractivity contribution in [2.75, 3.05) is 5.73 Å².